The molecule has 3 aromatic rings. The van der Waals surface area contributed by atoms with Crippen molar-refractivity contribution in [2.75, 3.05) is 37.6 Å². The Morgan fingerprint density at radius 2 is 1.88 bits per heavy atom. The lowest BCUT2D eigenvalue weighted by Gasteiger charge is -2.18. The van der Waals surface area contributed by atoms with Crippen molar-refractivity contribution in [1.29, 1.82) is 0 Å². The first-order valence-corrected chi connectivity index (χ1v) is 11.5. The SMILES string of the molecule is CCNC(=NCC1CCN(c2ccccc2)C1)NCCCn1c(C)nc2ccccc21.I. The van der Waals surface area contributed by atoms with Crippen LogP contribution in [0.25, 0.3) is 11.0 Å². The Balaban J connectivity index is 0.00000289. The van der Waals surface area contributed by atoms with Gasteiger partial charge in [-0.05, 0) is 56.9 Å². The Hall–Kier alpha value is -2.29. The number of aryl methyl sites for hydroxylation is 2. The lowest BCUT2D eigenvalue weighted by atomic mass is 10.1. The molecule has 1 unspecified atom stereocenters. The van der Waals surface area contributed by atoms with Gasteiger partial charge in [-0.25, -0.2) is 4.98 Å². The highest BCUT2D eigenvalue weighted by molar-refractivity contribution is 14.0. The Labute approximate surface area is 208 Å². The monoisotopic (exact) mass is 546 g/mol. The summed E-state index contributed by atoms with van der Waals surface area (Å²) in [6.45, 7) is 9.98. The lowest BCUT2D eigenvalue weighted by molar-refractivity contribution is 0.594. The number of hydrogen-bond donors (Lipinski definition) is 2. The van der Waals surface area contributed by atoms with Crippen LogP contribution in [0.1, 0.15) is 25.6 Å². The minimum Gasteiger partial charge on any atom is -0.371 e. The molecule has 6 nitrogen and oxygen atoms in total. The Morgan fingerprint density at radius 3 is 2.69 bits per heavy atom. The maximum Gasteiger partial charge on any atom is 0.191 e. The topological polar surface area (TPSA) is 57.5 Å². The third kappa shape index (κ3) is 6.15. The van der Waals surface area contributed by atoms with E-state index in [9.17, 15) is 0 Å². The zero-order chi connectivity index (χ0) is 21.5. The summed E-state index contributed by atoms with van der Waals surface area (Å²) in [5, 5.41) is 6.90. The number of fused-ring (bicyclic) bond motifs is 1. The number of aliphatic imine (C=N–C) groups is 1. The summed E-state index contributed by atoms with van der Waals surface area (Å²) in [4.78, 5) is 12.0. The Bertz CT molecular complexity index is 1000. The van der Waals surface area contributed by atoms with Gasteiger partial charge in [0.15, 0.2) is 5.96 Å². The molecule has 1 saturated heterocycles. The lowest BCUT2D eigenvalue weighted by Crippen LogP contribution is -2.38. The molecule has 1 atom stereocenters. The van der Waals surface area contributed by atoms with E-state index < -0.39 is 0 Å². The summed E-state index contributed by atoms with van der Waals surface area (Å²) >= 11 is 0. The largest absolute Gasteiger partial charge is 0.371 e. The van der Waals surface area contributed by atoms with Crippen LogP contribution in [0.3, 0.4) is 0 Å². The molecule has 0 aliphatic carbocycles. The normalized spacial score (nSPS) is 16.2. The number of nitrogens with one attached hydrogen (secondary N) is 2. The van der Waals surface area contributed by atoms with Gasteiger partial charge in [-0.3, -0.25) is 4.99 Å². The molecule has 172 valence electrons. The highest BCUT2D eigenvalue weighted by Gasteiger charge is 2.22. The van der Waals surface area contributed by atoms with Gasteiger partial charge in [0.05, 0.1) is 11.0 Å². The van der Waals surface area contributed by atoms with Gasteiger partial charge in [-0.1, -0.05) is 30.3 Å². The van der Waals surface area contributed by atoms with Gasteiger partial charge in [0.2, 0.25) is 0 Å². The number of anilines is 1. The van der Waals surface area contributed by atoms with Crippen molar-refractivity contribution in [1.82, 2.24) is 20.2 Å². The van der Waals surface area contributed by atoms with E-state index in [-0.39, 0.29) is 24.0 Å². The van der Waals surface area contributed by atoms with E-state index in [4.69, 9.17) is 4.99 Å². The van der Waals surface area contributed by atoms with E-state index in [0.29, 0.717) is 5.92 Å². The van der Waals surface area contributed by atoms with Crippen molar-refractivity contribution in [3.63, 3.8) is 0 Å². The first kappa shape index (κ1) is 24.4. The molecule has 1 fully saturated rings. The highest BCUT2D eigenvalue weighted by Crippen LogP contribution is 2.23. The molecule has 2 aromatic carbocycles. The second-order valence-corrected chi connectivity index (χ2v) is 8.24. The maximum absolute atomic E-state index is 4.87. The predicted octanol–water partition coefficient (Wildman–Crippen LogP) is 4.43. The smallest absolute Gasteiger partial charge is 0.191 e. The summed E-state index contributed by atoms with van der Waals surface area (Å²) in [5.74, 6) is 2.61. The average Bonchev–Trinajstić information content (AvgIpc) is 3.39. The predicted molar refractivity (Wildman–Crippen MR) is 145 cm³/mol. The van der Waals surface area contributed by atoms with E-state index in [1.165, 1.54) is 17.6 Å². The number of halogens is 1. The van der Waals surface area contributed by atoms with E-state index >= 15 is 0 Å². The van der Waals surface area contributed by atoms with Gasteiger partial charge in [0, 0.05) is 45.0 Å². The van der Waals surface area contributed by atoms with Crippen LogP contribution >= 0.6 is 24.0 Å². The third-order valence-electron chi connectivity index (χ3n) is 5.96. The molecule has 0 bridgehead atoms. The fourth-order valence-corrected chi connectivity index (χ4v) is 4.34. The molecular weight excluding hydrogens is 511 g/mol. The van der Waals surface area contributed by atoms with Gasteiger partial charge in [-0.15, -0.1) is 24.0 Å². The summed E-state index contributed by atoms with van der Waals surface area (Å²) in [7, 11) is 0. The average molecular weight is 547 g/mol. The highest BCUT2D eigenvalue weighted by atomic mass is 127. The number of imidazole rings is 1. The Morgan fingerprint density at radius 1 is 1.09 bits per heavy atom. The van der Waals surface area contributed by atoms with Gasteiger partial charge >= 0.3 is 0 Å². The quantitative estimate of drug-likeness (QED) is 0.190. The maximum atomic E-state index is 4.87. The number of rotatable bonds is 8. The molecule has 0 spiro atoms. The first-order chi connectivity index (χ1) is 15.2. The number of para-hydroxylation sites is 3. The van der Waals surface area contributed by atoms with Crippen molar-refractivity contribution < 1.29 is 0 Å². The molecule has 0 saturated carbocycles. The second kappa shape index (κ2) is 12.1. The van der Waals surface area contributed by atoms with Crippen LogP contribution in [-0.4, -0.2) is 48.2 Å². The van der Waals surface area contributed by atoms with E-state index in [0.717, 1.165) is 63.0 Å². The molecular formula is C25H35IN6. The zero-order valence-corrected chi connectivity index (χ0v) is 21.5. The molecule has 1 aliphatic rings. The van der Waals surface area contributed by atoms with Crippen molar-refractivity contribution in [3.05, 3.63) is 60.4 Å². The zero-order valence-electron chi connectivity index (χ0n) is 19.1. The molecule has 0 radical (unpaired) electrons. The van der Waals surface area contributed by atoms with Crippen LogP contribution < -0.4 is 15.5 Å². The molecule has 7 heteroatoms. The van der Waals surface area contributed by atoms with Crippen molar-refractivity contribution >= 4 is 46.7 Å². The molecule has 2 heterocycles. The Kier molecular flexibility index (Phi) is 9.20. The summed E-state index contributed by atoms with van der Waals surface area (Å²) in [6, 6.07) is 19.0. The van der Waals surface area contributed by atoms with Crippen LogP contribution in [0.5, 0.6) is 0 Å². The first-order valence-electron chi connectivity index (χ1n) is 11.5. The summed E-state index contributed by atoms with van der Waals surface area (Å²) in [5.41, 5.74) is 3.61. The fraction of sp³-hybridized carbons (Fsp3) is 0.440. The number of benzene rings is 2. The van der Waals surface area contributed by atoms with E-state index in [1.807, 2.05) is 6.07 Å². The van der Waals surface area contributed by atoms with Gasteiger partial charge in [-0.2, -0.15) is 0 Å². The fourth-order valence-electron chi connectivity index (χ4n) is 4.34. The molecule has 1 aliphatic heterocycles. The van der Waals surface area contributed by atoms with E-state index in [1.54, 1.807) is 0 Å². The summed E-state index contributed by atoms with van der Waals surface area (Å²) < 4.78 is 2.30. The van der Waals surface area contributed by atoms with Crippen molar-refractivity contribution in [2.45, 2.75) is 33.2 Å². The van der Waals surface area contributed by atoms with Crippen molar-refractivity contribution in [2.24, 2.45) is 10.9 Å². The number of aromatic nitrogens is 2. The molecule has 0 amide bonds. The number of hydrogen-bond acceptors (Lipinski definition) is 3. The molecule has 2 N–H and O–H groups in total. The third-order valence-corrected chi connectivity index (χ3v) is 5.96. The van der Waals surface area contributed by atoms with Gasteiger partial charge in [0.1, 0.15) is 5.82 Å². The molecule has 4 rings (SSSR count). The molecule has 32 heavy (non-hydrogen) atoms. The standard InChI is InChI=1S/C25H34N6.HI/c1-3-26-25(28-18-21-14-17-30(19-21)22-10-5-4-6-11-22)27-15-9-16-31-20(2)29-23-12-7-8-13-24(23)31;/h4-8,10-13,21H,3,9,14-19H2,1-2H3,(H2,26,27,28);1H. The molecule has 1 aromatic heterocycles. The minimum atomic E-state index is 0. The van der Waals surface area contributed by atoms with Gasteiger partial charge in [0.25, 0.3) is 0 Å². The number of guanidine groups is 1. The minimum absolute atomic E-state index is 0. The number of nitrogens with zero attached hydrogens (tertiary/aromatic N) is 4. The second-order valence-electron chi connectivity index (χ2n) is 8.24. The van der Waals surface area contributed by atoms with Crippen molar-refractivity contribution in [3.8, 4) is 0 Å². The van der Waals surface area contributed by atoms with Crippen LogP contribution in [-0.2, 0) is 6.54 Å². The van der Waals surface area contributed by atoms with Crippen LogP contribution in [0, 0.1) is 12.8 Å². The van der Waals surface area contributed by atoms with Crippen LogP contribution in [0.2, 0.25) is 0 Å². The van der Waals surface area contributed by atoms with Gasteiger partial charge < -0.3 is 20.1 Å². The van der Waals surface area contributed by atoms with Crippen LogP contribution in [0.15, 0.2) is 59.6 Å². The summed E-state index contributed by atoms with van der Waals surface area (Å²) in [6.07, 6.45) is 2.22. The van der Waals surface area contributed by atoms with E-state index in [2.05, 4.69) is 87.5 Å². The van der Waals surface area contributed by atoms with Crippen LogP contribution in [0.4, 0.5) is 5.69 Å².